The Balaban J connectivity index is 2.28. The predicted octanol–water partition coefficient (Wildman–Crippen LogP) is 2.87. The second kappa shape index (κ2) is 5.35. The van der Waals surface area contributed by atoms with E-state index in [9.17, 15) is 4.79 Å². The van der Waals surface area contributed by atoms with Crippen LogP contribution in [0.3, 0.4) is 0 Å². The molecule has 0 fully saturated rings. The molecule has 5 heteroatoms. The molecule has 18 heavy (non-hydrogen) atoms. The molecule has 94 valence electrons. The van der Waals surface area contributed by atoms with Crippen LogP contribution in [0, 0.1) is 0 Å². The van der Waals surface area contributed by atoms with E-state index in [0.717, 1.165) is 21.6 Å². The summed E-state index contributed by atoms with van der Waals surface area (Å²) in [5.41, 5.74) is 1.93. The fraction of sp³-hybridized carbons (Fsp3) is 0.231. The number of benzene rings is 1. The number of aromatic nitrogens is 2. The lowest BCUT2D eigenvalue weighted by Gasteiger charge is -2.05. The number of aliphatic carboxylic acids is 1. The summed E-state index contributed by atoms with van der Waals surface area (Å²) >= 11 is 3.43. The van der Waals surface area contributed by atoms with Gasteiger partial charge in [-0.05, 0) is 18.6 Å². The van der Waals surface area contributed by atoms with E-state index in [1.165, 1.54) is 0 Å². The average molecular weight is 309 g/mol. The minimum atomic E-state index is -0.791. The van der Waals surface area contributed by atoms with Crippen LogP contribution < -0.4 is 0 Å². The number of imidazole rings is 1. The van der Waals surface area contributed by atoms with Crippen LogP contribution in [-0.4, -0.2) is 20.6 Å². The number of hydrogen-bond acceptors (Lipinski definition) is 2. The van der Waals surface area contributed by atoms with E-state index in [1.54, 1.807) is 6.20 Å². The fourth-order valence-corrected chi connectivity index (χ4v) is 2.21. The Hall–Kier alpha value is -1.62. The SMILES string of the molecule is Cn1c(CCC(=O)O)cnc1-c1cccc(Br)c1. The Labute approximate surface area is 113 Å². The van der Waals surface area contributed by atoms with Gasteiger partial charge in [0, 0.05) is 29.0 Å². The van der Waals surface area contributed by atoms with Crippen LogP contribution in [0.1, 0.15) is 12.1 Å². The van der Waals surface area contributed by atoms with E-state index in [2.05, 4.69) is 20.9 Å². The highest BCUT2D eigenvalue weighted by atomic mass is 79.9. The van der Waals surface area contributed by atoms with Crippen LogP contribution in [0.4, 0.5) is 0 Å². The van der Waals surface area contributed by atoms with Crippen molar-refractivity contribution in [1.29, 1.82) is 0 Å². The maximum atomic E-state index is 10.6. The Morgan fingerprint density at radius 3 is 2.94 bits per heavy atom. The third-order valence-corrected chi connectivity index (χ3v) is 3.26. The molecule has 0 aliphatic heterocycles. The molecule has 1 N–H and O–H groups in total. The summed E-state index contributed by atoms with van der Waals surface area (Å²) < 4.78 is 2.93. The molecule has 1 heterocycles. The number of nitrogens with zero attached hydrogens (tertiary/aromatic N) is 2. The van der Waals surface area contributed by atoms with Gasteiger partial charge < -0.3 is 9.67 Å². The van der Waals surface area contributed by atoms with Crippen LogP contribution >= 0.6 is 15.9 Å². The number of carboxylic acids is 1. The first-order valence-corrected chi connectivity index (χ1v) is 6.35. The van der Waals surface area contributed by atoms with Crippen molar-refractivity contribution in [3.63, 3.8) is 0 Å². The number of rotatable bonds is 4. The third kappa shape index (κ3) is 2.79. The molecule has 4 nitrogen and oxygen atoms in total. The molecule has 0 bridgehead atoms. The van der Waals surface area contributed by atoms with Crippen LogP contribution in [-0.2, 0) is 18.3 Å². The molecule has 0 aliphatic carbocycles. The summed E-state index contributed by atoms with van der Waals surface area (Å²) in [5.74, 6) is 0.0527. The molecule has 0 spiro atoms. The van der Waals surface area contributed by atoms with E-state index < -0.39 is 5.97 Å². The van der Waals surface area contributed by atoms with Crippen molar-refractivity contribution >= 4 is 21.9 Å². The predicted molar refractivity (Wildman–Crippen MR) is 72.3 cm³/mol. The monoisotopic (exact) mass is 308 g/mol. The highest BCUT2D eigenvalue weighted by Crippen LogP contribution is 2.22. The molecule has 0 saturated carbocycles. The van der Waals surface area contributed by atoms with E-state index in [-0.39, 0.29) is 6.42 Å². The Morgan fingerprint density at radius 2 is 2.28 bits per heavy atom. The topological polar surface area (TPSA) is 55.1 Å². The maximum absolute atomic E-state index is 10.6. The highest BCUT2D eigenvalue weighted by Gasteiger charge is 2.10. The molecule has 0 radical (unpaired) electrons. The fourth-order valence-electron chi connectivity index (χ4n) is 1.81. The highest BCUT2D eigenvalue weighted by molar-refractivity contribution is 9.10. The largest absolute Gasteiger partial charge is 0.481 e. The first-order chi connectivity index (χ1) is 8.58. The van der Waals surface area contributed by atoms with Gasteiger partial charge in [0.25, 0.3) is 0 Å². The molecule has 0 saturated heterocycles. The van der Waals surface area contributed by atoms with Gasteiger partial charge in [0.05, 0.1) is 6.42 Å². The normalized spacial score (nSPS) is 10.6. The van der Waals surface area contributed by atoms with Crippen LogP contribution in [0.5, 0.6) is 0 Å². The second-order valence-electron chi connectivity index (χ2n) is 4.04. The minimum absolute atomic E-state index is 0.122. The smallest absolute Gasteiger partial charge is 0.303 e. The van der Waals surface area contributed by atoms with Gasteiger partial charge in [-0.15, -0.1) is 0 Å². The van der Waals surface area contributed by atoms with Gasteiger partial charge in [-0.3, -0.25) is 4.79 Å². The Kier molecular flexibility index (Phi) is 3.81. The summed E-state index contributed by atoms with van der Waals surface area (Å²) in [6.07, 6.45) is 2.35. The molecular formula is C13H13BrN2O2. The Morgan fingerprint density at radius 1 is 1.50 bits per heavy atom. The van der Waals surface area contributed by atoms with Crippen molar-refractivity contribution < 1.29 is 9.90 Å². The summed E-state index contributed by atoms with van der Waals surface area (Å²) in [6, 6.07) is 7.88. The number of halogens is 1. The molecular weight excluding hydrogens is 296 g/mol. The van der Waals surface area contributed by atoms with Crippen LogP contribution in [0.15, 0.2) is 34.9 Å². The lowest BCUT2D eigenvalue weighted by atomic mass is 10.2. The zero-order valence-electron chi connectivity index (χ0n) is 9.93. The van der Waals surface area contributed by atoms with Crippen LogP contribution in [0.2, 0.25) is 0 Å². The van der Waals surface area contributed by atoms with E-state index in [0.29, 0.717) is 6.42 Å². The minimum Gasteiger partial charge on any atom is -0.481 e. The van der Waals surface area contributed by atoms with Crippen molar-refractivity contribution in [3.8, 4) is 11.4 Å². The Bertz CT molecular complexity index is 578. The first kappa shape index (κ1) is 12.8. The molecule has 0 aliphatic rings. The summed E-state index contributed by atoms with van der Waals surface area (Å²) in [5, 5.41) is 8.69. The van der Waals surface area contributed by atoms with Crippen LogP contribution in [0.25, 0.3) is 11.4 Å². The molecule has 1 aromatic carbocycles. The van der Waals surface area contributed by atoms with E-state index in [4.69, 9.17) is 5.11 Å². The molecule has 1 aromatic heterocycles. The number of carbonyl (C=O) groups is 1. The van der Waals surface area contributed by atoms with Gasteiger partial charge in [0.2, 0.25) is 0 Å². The summed E-state index contributed by atoms with van der Waals surface area (Å²) in [4.78, 5) is 14.9. The molecule has 2 rings (SSSR count). The quantitative estimate of drug-likeness (QED) is 0.945. The lowest BCUT2D eigenvalue weighted by Crippen LogP contribution is -2.03. The van der Waals surface area contributed by atoms with Crippen molar-refractivity contribution in [2.75, 3.05) is 0 Å². The van der Waals surface area contributed by atoms with Gasteiger partial charge in [-0.1, -0.05) is 28.1 Å². The zero-order chi connectivity index (χ0) is 13.1. The van der Waals surface area contributed by atoms with Crippen molar-refractivity contribution in [1.82, 2.24) is 9.55 Å². The first-order valence-electron chi connectivity index (χ1n) is 5.56. The van der Waals surface area contributed by atoms with Crippen molar-refractivity contribution in [3.05, 3.63) is 40.6 Å². The van der Waals surface area contributed by atoms with E-state index >= 15 is 0 Å². The summed E-state index contributed by atoms with van der Waals surface area (Å²) in [7, 11) is 1.90. The number of aryl methyl sites for hydroxylation is 1. The molecule has 0 unspecified atom stereocenters. The summed E-state index contributed by atoms with van der Waals surface area (Å²) in [6.45, 7) is 0. The second-order valence-corrected chi connectivity index (χ2v) is 4.95. The average Bonchev–Trinajstić information content (AvgIpc) is 2.68. The zero-order valence-corrected chi connectivity index (χ0v) is 11.5. The lowest BCUT2D eigenvalue weighted by molar-refractivity contribution is -0.136. The van der Waals surface area contributed by atoms with Gasteiger partial charge in [0.1, 0.15) is 5.82 Å². The van der Waals surface area contributed by atoms with Gasteiger partial charge in [-0.25, -0.2) is 4.98 Å². The van der Waals surface area contributed by atoms with E-state index in [1.807, 2.05) is 35.9 Å². The van der Waals surface area contributed by atoms with Crippen molar-refractivity contribution in [2.45, 2.75) is 12.8 Å². The molecule has 2 aromatic rings. The number of carboxylic acid groups (broad SMARTS) is 1. The maximum Gasteiger partial charge on any atom is 0.303 e. The van der Waals surface area contributed by atoms with Crippen molar-refractivity contribution in [2.24, 2.45) is 7.05 Å². The van der Waals surface area contributed by atoms with Gasteiger partial charge >= 0.3 is 5.97 Å². The molecule has 0 atom stereocenters. The standard InChI is InChI=1S/C13H13BrN2O2/c1-16-11(5-6-12(17)18)8-15-13(16)9-3-2-4-10(14)7-9/h2-4,7-8H,5-6H2,1H3,(H,17,18). The number of hydrogen-bond donors (Lipinski definition) is 1. The third-order valence-electron chi connectivity index (χ3n) is 2.76. The van der Waals surface area contributed by atoms with Gasteiger partial charge in [-0.2, -0.15) is 0 Å². The van der Waals surface area contributed by atoms with Gasteiger partial charge in [0.15, 0.2) is 0 Å². The molecule has 0 amide bonds.